The maximum atomic E-state index is 14.0. The van der Waals surface area contributed by atoms with Gasteiger partial charge >= 0.3 is 0 Å². The lowest BCUT2D eigenvalue weighted by molar-refractivity contribution is 0.0932. The van der Waals surface area contributed by atoms with Gasteiger partial charge < -0.3 is 14.3 Å². The fourth-order valence-electron chi connectivity index (χ4n) is 1.93. The van der Waals surface area contributed by atoms with Crippen molar-refractivity contribution in [1.29, 1.82) is 0 Å². The van der Waals surface area contributed by atoms with E-state index in [0.29, 0.717) is 5.56 Å². The maximum Gasteiger partial charge on any atom is 0.255 e. The molecule has 0 aliphatic carbocycles. The first-order valence-corrected chi connectivity index (χ1v) is 7.05. The Morgan fingerprint density at radius 1 is 1.39 bits per heavy atom. The Morgan fingerprint density at radius 3 is 2.96 bits per heavy atom. The molecule has 0 bridgehead atoms. The van der Waals surface area contributed by atoms with Crippen molar-refractivity contribution in [3.63, 3.8) is 0 Å². The molecule has 0 saturated heterocycles. The highest BCUT2D eigenvalue weighted by atomic mass is 35.5. The van der Waals surface area contributed by atoms with E-state index >= 15 is 0 Å². The van der Waals surface area contributed by atoms with Crippen molar-refractivity contribution in [2.24, 2.45) is 0 Å². The van der Waals surface area contributed by atoms with Crippen molar-refractivity contribution in [3.8, 4) is 11.4 Å². The summed E-state index contributed by atoms with van der Waals surface area (Å²) >= 11 is 5.73. The van der Waals surface area contributed by atoms with E-state index in [2.05, 4.69) is 15.5 Å². The average molecular weight is 336 g/mol. The minimum atomic E-state index is -0.628. The van der Waals surface area contributed by atoms with Gasteiger partial charge in [-0.15, -0.1) is 0 Å². The van der Waals surface area contributed by atoms with Crippen LogP contribution in [0.1, 0.15) is 29.2 Å². The molecule has 1 atom stereocenters. The summed E-state index contributed by atoms with van der Waals surface area (Å²) in [4.78, 5) is 16.0. The van der Waals surface area contributed by atoms with Gasteiger partial charge in [0.1, 0.15) is 12.3 Å². The van der Waals surface area contributed by atoms with Crippen LogP contribution in [0.25, 0.3) is 11.4 Å². The second kappa shape index (κ2) is 6.21. The third-order valence-corrected chi connectivity index (χ3v) is 3.43. The molecule has 0 saturated carbocycles. The molecule has 1 N–H and O–H groups in total. The summed E-state index contributed by atoms with van der Waals surface area (Å²) in [5, 5.41) is 6.37. The molecule has 0 aliphatic heterocycles. The zero-order chi connectivity index (χ0) is 16.4. The molecule has 3 rings (SSSR count). The number of hydrogen-bond donors (Lipinski definition) is 1. The van der Waals surface area contributed by atoms with E-state index in [1.807, 2.05) is 0 Å². The highest BCUT2D eigenvalue weighted by Crippen LogP contribution is 2.26. The number of carbonyl (C=O) groups is 1. The summed E-state index contributed by atoms with van der Waals surface area (Å²) in [7, 11) is 0. The first-order valence-electron chi connectivity index (χ1n) is 6.67. The Hall–Kier alpha value is -2.67. The van der Waals surface area contributed by atoms with Crippen molar-refractivity contribution in [2.45, 2.75) is 13.0 Å². The van der Waals surface area contributed by atoms with Gasteiger partial charge in [-0.3, -0.25) is 4.79 Å². The molecule has 0 radical (unpaired) electrons. The van der Waals surface area contributed by atoms with Crippen LogP contribution in [0.15, 0.2) is 45.7 Å². The molecule has 23 heavy (non-hydrogen) atoms. The number of hydrogen-bond acceptors (Lipinski definition) is 5. The van der Waals surface area contributed by atoms with Gasteiger partial charge in [0.2, 0.25) is 11.7 Å². The van der Waals surface area contributed by atoms with Crippen LogP contribution in [0, 0.1) is 5.82 Å². The average Bonchev–Trinajstić information content (AvgIpc) is 3.21. The normalized spacial score (nSPS) is 12.1. The number of nitrogens with zero attached hydrogens (tertiary/aromatic N) is 2. The number of aromatic nitrogens is 2. The second-order valence-electron chi connectivity index (χ2n) is 4.76. The summed E-state index contributed by atoms with van der Waals surface area (Å²) in [5.41, 5.74) is 0.498. The zero-order valence-electron chi connectivity index (χ0n) is 11.9. The lowest BCUT2D eigenvalue weighted by atomic mass is 10.2. The smallest absolute Gasteiger partial charge is 0.255 e. The molecule has 118 valence electrons. The zero-order valence-corrected chi connectivity index (χ0v) is 12.7. The first kappa shape index (κ1) is 15.2. The molecule has 1 amide bonds. The summed E-state index contributed by atoms with van der Waals surface area (Å²) in [6.45, 7) is 1.67. The van der Waals surface area contributed by atoms with Gasteiger partial charge in [0.25, 0.3) is 5.91 Å². The van der Waals surface area contributed by atoms with Gasteiger partial charge in [-0.05, 0) is 25.1 Å². The van der Waals surface area contributed by atoms with E-state index in [4.69, 9.17) is 20.5 Å². The Balaban J connectivity index is 1.79. The second-order valence-corrected chi connectivity index (χ2v) is 5.17. The maximum absolute atomic E-state index is 14.0. The molecule has 1 unspecified atom stereocenters. The molecule has 0 fully saturated rings. The van der Waals surface area contributed by atoms with Gasteiger partial charge in [-0.1, -0.05) is 22.8 Å². The third kappa shape index (κ3) is 3.09. The predicted molar refractivity (Wildman–Crippen MR) is 79.3 cm³/mol. The summed E-state index contributed by atoms with van der Waals surface area (Å²) < 4.78 is 23.9. The van der Waals surface area contributed by atoms with Crippen molar-refractivity contribution in [2.75, 3.05) is 0 Å². The van der Waals surface area contributed by atoms with Crippen LogP contribution in [0.4, 0.5) is 4.39 Å². The summed E-state index contributed by atoms with van der Waals surface area (Å²) in [5.74, 6) is -0.767. The Labute approximate surface area is 135 Å². The fraction of sp³-hybridized carbons (Fsp3) is 0.133. The molecule has 2 aromatic heterocycles. The Kier molecular flexibility index (Phi) is 4.12. The molecule has 0 aliphatic rings. The summed E-state index contributed by atoms with van der Waals surface area (Å²) in [6, 6.07) is 5.48. The molecule has 0 spiro atoms. The lowest BCUT2D eigenvalue weighted by Crippen LogP contribution is -2.26. The van der Waals surface area contributed by atoms with Gasteiger partial charge in [-0.2, -0.15) is 4.98 Å². The van der Waals surface area contributed by atoms with Crippen molar-refractivity contribution >= 4 is 17.5 Å². The third-order valence-electron chi connectivity index (χ3n) is 3.14. The molecule has 3 aromatic rings. The standard InChI is InChI=1S/C15H11ClFN3O3/c1-8(18-14(21)9-5-6-22-7-9)15-19-13(20-23-15)10-3-2-4-11(16)12(10)17/h2-8H,1H3,(H,18,21). The van der Waals surface area contributed by atoms with E-state index in [1.165, 1.54) is 30.7 Å². The van der Waals surface area contributed by atoms with Crippen LogP contribution < -0.4 is 5.32 Å². The van der Waals surface area contributed by atoms with Crippen molar-refractivity contribution < 1.29 is 18.1 Å². The molecule has 6 nitrogen and oxygen atoms in total. The SMILES string of the molecule is CC(NC(=O)c1ccoc1)c1nc(-c2cccc(Cl)c2F)no1. The number of amides is 1. The number of rotatable bonds is 4. The molecule has 2 heterocycles. The van der Waals surface area contributed by atoms with Gasteiger partial charge in [-0.25, -0.2) is 4.39 Å². The number of benzene rings is 1. The van der Waals surface area contributed by atoms with E-state index in [9.17, 15) is 9.18 Å². The Bertz CT molecular complexity index is 832. The predicted octanol–water partition coefficient (Wildman–Crippen LogP) is 3.61. The van der Waals surface area contributed by atoms with E-state index in [0.717, 1.165) is 0 Å². The lowest BCUT2D eigenvalue weighted by Gasteiger charge is -2.07. The van der Waals surface area contributed by atoms with E-state index in [1.54, 1.807) is 13.0 Å². The van der Waals surface area contributed by atoms with Crippen LogP contribution in [-0.2, 0) is 0 Å². The molecule has 1 aromatic carbocycles. The number of carbonyl (C=O) groups excluding carboxylic acids is 1. The van der Waals surface area contributed by atoms with E-state index < -0.39 is 11.9 Å². The topological polar surface area (TPSA) is 81.2 Å². The van der Waals surface area contributed by atoms with Crippen LogP contribution in [-0.4, -0.2) is 16.0 Å². The first-order chi connectivity index (χ1) is 11.1. The van der Waals surface area contributed by atoms with Crippen LogP contribution in [0.3, 0.4) is 0 Å². The molecular formula is C15H11ClFN3O3. The summed E-state index contributed by atoms with van der Waals surface area (Å²) in [6.07, 6.45) is 2.72. The van der Waals surface area contributed by atoms with Crippen molar-refractivity contribution in [3.05, 3.63) is 59.1 Å². The monoisotopic (exact) mass is 335 g/mol. The highest BCUT2D eigenvalue weighted by Gasteiger charge is 2.20. The van der Waals surface area contributed by atoms with Gasteiger partial charge in [0.15, 0.2) is 5.82 Å². The number of furan rings is 1. The highest BCUT2D eigenvalue weighted by molar-refractivity contribution is 6.31. The van der Waals surface area contributed by atoms with E-state index in [-0.39, 0.29) is 28.2 Å². The minimum absolute atomic E-state index is 0.0323. The molecular weight excluding hydrogens is 325 g/mol. The Morgan fingerprint density at radius 2 is 2.22 bits per heavy atom. The fourth-order valence-corrected chi connectivity index (χ4v) is 2.11. The van der Waals surface area contributed by atoms with Crippen LogP contribution in [0.2, 0.25) is 5.02 Å². The molecule has 8 heteroatoms. The largest absolute Gasteiger partial charge is 0.472 e. The van der Waals surface area contributed by atoms with Crippen LogP contribution >= 0.6 is 11.6 Å². The quantitative estimate of drug-likeness (QED) is 0.787. The van der Waals surface area contributed by atoms with Gasteiger partial charge in [0, 0.05) is 0 Å². The van der Waals surface area contributed by atoms with Crippen LogP contribution in [0.5, 0.6) is 0 Å². The number of halogens is 2. The van der Waals surface area contributed by atoms with Gasteiger partial charge in [0.05, 0.1) is 22.4 Å². The number of nitrogens with one attached hydrogen (secondary N) is 1. The van der Waals surface area contributed by atoms with Crippen molar-refractivity contribution in [1.82, 2.24) is 15.5 Å². The minimum Gasteiger partial charge on any atom is -0.472 e.